The molecule has 0 bridgehead atoms. The van der Waals surface area contributed by atoms with Crippen molar-refractivity contribution in [2.45, 2.75) is 38.8 Å². The number of aryl methyl sites for hydroxylation is 2. The van der Waals surface area contributed by atoms with Gasteiger partial charge in [-0.15, -0.1) is 0 Å². The number of hydrogen-bond acceptors (Lipinski definition) is 1. The van der Waals surface area contributed by atoms with E-state index in [1.54, 1.807) is 0 Å². The van der Waals surface area contributed by atoms with Crippen molar-refractivity contribution in [2.24, 2.45) is 7.05 Å². The van der Waals surface area contributed by atoms with E-state index in [0.29, 0.717) is 0 Å². The molecule has 2 aromatic rings. The van der Waals surface area contributed by atoms with E-state index in [4.69, 9.17) is 0 Å². The van der Waals surface area contributed by atoms with E-state index < -0.39 is 0 Å². The number of rotatable bonds is 3. The summed E-state index contributed by atoms with van der Waals surface area (Å²) in [5, 5.41) is 5.03. The number of nitrogens with one attached hydrogen (secondary N) is 1. The lowest BCUT2D eigenvalue weighted by molar-refractivity contribution is 0.336. The summed E-state index contributed by atoms with van der Waals surface area (Å²) in [7, 11) is 2.17. The maximum Gasteiger partial charge on any atom is 0.0482 e. The average molecular weight is 228 g/mol. The van der Waals surface area contributed by atoms with Crippen LogP contribution in [0.25, 0.3) is 10.9 Å². The third-order valence-corrected chi connectivity index (χ3v) is 4.08. The maximum absolute atomic E-state index is 3.64. The summed E-state index contributed by atoms with van der Waals surface area (Å²) >= 11 is 0. The Morgan fingerprint density at radius 3 is 2.82 bits per heavy atom. The second kappa shape index (κ2) is 4.19. The van der Waals surface area contributed by atoms with E-state index in [1.807, 2.05) is 0 Å². The molecular formula is C15H20N2. The van der Waals surface area contributed by atoms with Crippen LogP contribution >= 0.6 is 0 Å². The van der Waals surface area contributed by atoms with Crippen LogP contribution in [0, 0.1) is 6.92 Å². The number of benzene rings is 1. The third kappa shape index (κ3) is 1.87. The van der Waals surface area contributed by atoms with E-state index >= 15 is 0 Å². The first-order chi connectivity index (χ1) is 8.25. The fraction of sp³-hybridized carbons (Fsp3) is 0.467. The van der Waals surface area contributed by atoms with Gasteiger partial charge in [-0.25, -0.2) is 0 Å². The maximum atomic E-state index is 3.64. The van der Waals surface area contributed by atoms with Crippen LogP contribution < -0.4 is 5.32 Å². The van der Waals surface area contributed by atoms with Gasteiger partial charge in [0, 0.05) is 36.2 Å². The molecule has 0 spiro atoms. The van der Waals surface area contributed by atoms with Gasteiger partial charge in [0.05, 0.1) is 0 Å². The molecule has 3 rings (SSSR count). The van der Waals surface area contributed by atoms with Crippen molar-refractivity contribution in [3.8, 4) is 0 Å². The number of fused-ring (bicyclic) bond motifs is 1. The molecule has 1 heterocycles. The summed E-state index contributed by atoms with van der Waals surface area (Å²) in [6.07, 6.45) is 4.10. The fourth-order valence-electron chi connectivity index (χ4n) is 2.59. The molecule has 1 aliphatic carbocycles. The number of hydrogen-bond donors (Lipinski definition) is 1. The number of aromatic nitrogens is 1. The Balaban J connectivity index is 1.88. The SMILES string of the molecule is Cc1cccc2c1cc(CNC1CCC1)n2C. The molecule has 2 nitrogen and oxygen atoms in total. The summed E-state index contributed by atoms with van der Waals surface area (Å²) < 4.78 is 2.31. The van der Waals surface area contributed by atoms with E-state index in [2.05, 4.69) is 48.1 Å². The van der Waals surface area contributed by atoms with Crippen LogP contribution in [0.2, 0.25) is 0 Å². The van der Waals surface area contributed by atoms with Crippen LogP contribution in [-0.4, -0.2) is 10.6 Å². The van der Waals surface area contributed by atoms with Gasteiger partial charge in [-0.1, -0.05) is 18.6 Å². The molecule has 1 aliphatic rings. The van der Waals surface area contributed by atoms with Crippen molar-refractivity contribution in [1.29, 1.82) is 0 Å². The van der Waals surface area contributed by atoms with Gasteiger partial charge in [-0.3, -0.25) is 0 Å². The Kier molecular flexibility index (Phi) is 2.67. The number of nitrogens with zero attached hydrogens (tertiary/aromatic N) is 1. The second-order valence-corrected chi connectivity index (χ2v) is 5.21. The minimum absolute atomic E-state index is 0.758. The van der Waals surface area contributed by atoms with Gasteiger partial charge >= 0.3 is 0 Å². The van der Waals surface area contributed by atoms with Crippen molar-refractivity contribution >= 4 is 10.9 Å². The summed E-state index contributed by atoms with van der Waals surface area (Å²) in [5.41, 5.74) is 4.10. The highest BCUT2D eigenvalue weighted by Crippen LogP contribution is 2.23. The van der Waals surface area contributed by atoms with Crippen molar-refractivity contribution < 1.29 is 0 Å². The van der Waals surface area contributed by atoms with Crippen LogP contribution in [0.15, 0.2) is 24.3 Å². The van der Waals surface area contributed by atoms with E-state index in [1.165, 1.54) is 41.4 Å². The normalized spacial score (nSPS) is 16.4. The molecule has 0 aliphatic heterocycles. The monoisotopic (exact) mass is 228 g/mol. The molecule has 90 valence electrons. The fourth-order valence-corrected chi connectivity index (χ4v) is 2.59. The van der Waals surface area contributed by atoms with Crippen molar-refractivity contribution in [1.82, 2.24) is 9.88 Å². The average Bonchev–Trinajstić information content (AvgIpc) is 2.57. The summed E-state index contributed by atoms with van der Waals surface area (Å²) in [5.74, 6) is 0. The predicted octanol–water partition coefficient (Wildman–Crippen LogP) is 3.13. The molecule has 1 aromatic heterocycles. The van der Waals surface area contributed by atoms with Gasteiger partial charge in [-0.2, -0.15) is 0 Å². The highest BCUT2D eigenvalue weighted by Gasteiger charge is 2.17. The molecule has 1 fully saturated rings. The Morgan fingerprint density at radius 1 is 1.35 bits per heavy atom. The molecule has 2 heteroatoms. The highest BCUT2D eigenvalue weighted by molar-refractivity contribution is 5.84. The Bertz CT molecular complexity index is 535. The lowest BCUT2D eigenvalue weighted by atomic mass is 9.93. The van der Waals surface area contributed by atoms with Crippen LogP contribution in [0.1, 0.15) is 30.5 Å². The first-order valence-electron chi connectivity index (χ1n) is 6.53. The largest absolute Gasteiger partial charge is 0.346 e. The molecule has 0 amide bonds. The molecule has 0 unspecified atom stereocenters. The van der Waals surface area contributed by atoms with Gasteiger partial charge in [-0.05, 0) is 37.5 Å². The molecule has 0 saturated heterocycles. The standard InChI is InChI=1S/C15H20N2/c1-11-5-3-8-15-14(11)9-13(17(15)2)10-16-12-6-4-7-12/h3,5,8-9,12,16H,4,6-7,10H2,1-2H3. The zero-order chi connectivity index (χ0) is 11.8. The van der Waals surface area contributed by atoms with Gasteiger partial charge in [0.2, 0.25) is 0 Å². The highest BCUT2D eigenvalue weighted by atomic mass is 15.0. The van der Waals surface area contributed by atoms with Crippen LogP contribution in [0.4, 0.5) is 0 Å². The van der Waals surface area contributed by atoms with Crippen molar-refractivity contribution in [2.75, 3.05) is 0 Å². The Labute approximate surface area is 103 Å². The Morgan fingerprint density at radius 2 is 2.18 bits per heavy atom. The zero-order valence-corrected chi connectivity index (χ0v) is 10.7. The molecule has 0 atom stereocenters. The molecule has 1 aromatic carbocycles. The van der Waals surface area contributed by atoms with Gasteiger partial charge in [0.1, 0.15) is 0 Å². The van der Waals surface area contributed by atoms with Crippen molar-refractivity contribution in [3.05, 3.63) is 35.5 Å². The topological polar surface area (TPSA) is 17.0 Å². The summed E-state index contributed by atoms with van der Waals surface area (Å²) in [6, 6.07) is 9.62. The first kappa shape index (κ1) is 10.8. The summed E-state index contributed by atoms with van der Waals surface area (Å²) in [4.78, 5) is 0. The van der Waals surface area contributed by atoms with E-state index in [9.17, 15) is 0 Å². The van der Waals surface area contributed by atoms with Gasteiger partial charge in [0.15, 0.2) is 0 Å². The lowest BCUT2D eigenvalue weighted by Crippen LogP contribution is -2.34. The van der Waals surface area contributed by atoms with E-state index in [0.717, 1.165) is 12.6 Å². The molecule has 1 N–H and O–H groups in total. The molecule has 0 radical (unpaired) electrons. The minimum atomic E-state index is 0.758. The molecule has 17 heavy (non-hydrogen) atoms. The van der Waals surface area contributed by atoms with Gasteiger partial charge < -0.3 is 9.88 Å². The first-order valence-corrected chi connectivity index (χ1v) is 6.53. The zero-order valence-electron chi connectivity index (χ0n) is 10.7. The second-order valence-electron chi connectivity index (χ2n) is 5.21. The molecular weight excluding hydrogens is 208 g/mol. The van der Waals surface area contributed by atoms with Crippen molar-refractivity contribution in [3.63, 3.8) is 0 Å². The van der Waals surface area contributed by atoms with Crippen LogP contribution in [0.3, 0.4) is 0 Å². The minimum Gasteiger partial charge on any atom is -0.346 e. The van der Waals surface area contributed by atoms with Gasteiger partial charge in [0.25, 0.3) is 0 Å². The quantitative estimate of drug-likeness (QED) is 0.854. The molecule has 1 saturated carbocycles. The van der Waals surface area contributed by atoms with E-state index in [-0.39, 0.29) is 0 Å². The predicted molar refractivity (Wildman–Crippen MR) is 72.1 cm³/mol. The lowest BCUT2D eigenvalue weighted by Gasteiger charge is -2.26. The smallest absolute Gasteiger partial charge is 0.0482 e. The summed E-state index contributed by atoms with van der Waals surface area (Å²) in [6.45, 7) is 3.18. The Hall–Kier alpha value is -1.28. The van der Waals surface area contributed by atoms with Crippen LogP contribution in [-0.2, 0) is 13.6 Å². The third-order valence-electron chi connectivity index (χ3n) is 4.08. The van der Waals surface area contributed by atoms with Crippen LogP contribution in [0.5, 0.6) is 0 Å².